The average Bonchev–Trinajstić information content (AvgIpc) is 2.37. The molecular formula is C15H23N3S. The van der Waals surface area contributed by atoms with Crippen molar-refractivity contribution >= 4 is 23.3 Å². The minimum atomic E-state index is 0.172. The van der Waals surface area contributed by atoms with Crippen molar-refractivity contribution in [3.8, 4) is 0 Å². The monoisotopic (exact) mass is 277 g/mol. The van der Waals surface area contributed by atoms with Crippen LogP contribution < -0.4 is 10.6 Å². The lowest BCUT2D eigenvalue weighted by atomic mass is 9.92. The number of amidine groups is 1. The number of nitrogen functional groups attached to an aromatic ring is 1. The van der Waals surface area contributed by atoms with Crippen molar-refractivity contribution in [1.29, 1.82) is 5.41 Å². The van der Waals surface area contributed by atoms with Crippen LogP contribution in [0.3, 0.4) is 0 Å². The van der Waals surface area contributed by atoms with Gasteiger partial charge < -0.3 is 10.6 Å². The van der Waals surface area contributed by atoms with Gasteiger partial charge in [0, 0.05) is 23.2 Å². The Kier molecular flexibility index (Phi) is 4.40. The lowest BCUT2D eigenvalue weighted by molar-refractivity contribution is 0.377. The number of thioether (sulfide) groups is 1. The van der Waals surface area contributed by atoms with Crippen LogP contribution in [-0.2, 0) is 0 Å². The Morgan fingerprint density at radius 1 is 1.42 bits per heavy atom. The molecule has 1 heterocycles. The predicted octanol–water partition coefficient (Wildman–Crippen LogP) is 3.32. The zero-order valence-electron chi connectivity index (χ0n) is 11.9. The Morgan fingerprint density at radius 3 is 2.74 bits per heavy atom. The maximum atomic E-state index is 7.88. The van der Waals surface area contributed by atoms with Gasteiger partial charge in [-0.2, -0.15) is 0 Å². The molecule has 1 fully saturated rings. The Hall–Kier alpha value is -1.16. The zero-order valence-corrected chi connectivity index (χ0v) is 12.8. The molecule has 104 valence electrons. The molecule has 1 aliphatic heterocycles. The van der Waals surface area contributed by atoms with Crippen LogP contribution in [0.2, 0.25) is 0 Å². The molecule has 3 nitrogen and oxygen atoms in total. The fraction of sp³-hybridized carbons (Fsp3) is 0.533. The zero-order chi connectivity index (χ0) is 14.0. The summed E-state index contributed by atoms with van der Waals surface area (Å²) in [6.07, 6.45) is 4.46. The first kappa shape index (κ1) is 14.3. The summed E-state index contributed by atoms with van der Waals surface area (Å²) < 4.78 is 0. The molecule has 0 amide bonds. The lowest BCUT2D eigenvalue weighted by Crippen LogP contribution is -2.41. The summed E-state index contributed by atoms with van der Waals surface area (Å²) in [6, 6.07) is 6.72. The third-order valence-corrected chi connectivity index (χ3v) is 4.72. The Labute approximate surface area is 120 Å². The number of hydrogen-bond donors (Lipinski definition) is 2. The second-order valence-corrected chi connectivity index (χ2v) is 6.29. The fourth-order valence-electron chi connectivity index (χ4n) is 2.96. The molecule has 1 aromatic carbocycles. The van der Waals surface area contributed by atoms with E-state index in [2.05, 4.69) is 30.9 Å². The molecule has 2 atom stereocenters. The lowest BCUT2D eigenvalue weighted by Gasteiger charge is -2.39. The first-order valence-corrected chi connectivity index (χ1v) is 8.05. The summed E-state index contributed by atoms with van der Waals surface area (Å²) in [5.41, 5.74) is 7.84. The second kappa shape index (κ2) is 5.87. The summed E-state index contributed by atoms with van der Waals surface area (Å²) in [4.78, 5) is 3.51. The van der Waals surface area contributed by atoms with E-state index in [4.69, 9.17) is 11.1 Å². The smallest absolute Gasteiger partial charge is 0.126 e. The maximum Gasteiger partial charge on any atom is 0.126 e. The van der Waals surface area contributed by atoms with Gasteiger partial charge in [-0.15, -0.1) is 11.8 Å². The van der Waals surface area contributed by atoms with E-state index in [1.165, 1.54) is 12.8 Å². The summed E-state index contributed by atoms with van der Waals surface area (Å²) in [5.74, 6) is 0.960. The quantitative estimate of drug-likeness (QED) is 0.506. The molecule has 0 bridgehead atoms. The van der Waals surface area contributed by atoms with Crippen LogP contribution in [0.1, 0.15) is 32.3 Å². The fourth-order valence-corrected chi connectivity index (χ4v) is 3.60. The number of nitrogens with zero attached hydrogens (tertiary/aromatic N) is 1. The number of rotatable bonds is 3. The average molecular weight is 277 g/mol. The van der Waals surface area contributed by atoms with Gasteiger partial charge in [0.05, 0.1) is 5.56 Å². The van der Waals surface area contributed by atoms with E-state index >= 15 is 0 Å². The highest BCUT2D eigenvalue weighted by atomic mass is 32.2. The van der Waals surface area contributed by atoms with Crippen molar-refractivity contribution in [3.05, 3.63) is 23.8 Å². The van der Waals surface area contributed by atoms with Gasteiger partial charge in [-0.1, -0.05) is 13.0 Å². The first-order valence-electron chi connectivity index (χ1n) is 6.82. The van der Waals surface area contributed by atoms with Gasteiger partial charge in [0.15, 0.2) is 0 Å². The number of nitrogens with two attached hydrogens (primary N) is 1. The van der Waals surface area contributed by atoms with Gasteiger partial charge in [-0.3, -0.25) is 5.41 Å². The van der Waals surface area contributed by atoms with Gasteiger partial charge in [0.25, 0.3) is 0 Å². The number of benzene rings is 1. The van der Waals surface area contributed by atoms with Crippen molar-refractivity contribution in [3.63, 3.8) is 0 Å². The summed E-state index contributed by atoms with van der Waals surface area (Å²) in [6.45, 7) is 5.64. The van der Waals surface area contributed by atoms with E-state index in [9.17, 15) is 0 Å². The minimum absolute atomic E-state index is 0.172. The van der Waals surface area contributed by atoms with E-state index in [1.54, 1.807) is 11.8 Å². The molecule has 0 spiro atoms. The Balaban J connectivity index is 2.41. The number of hydrogen-bond acceptors (Lipinski definition) is 3. The molecule has 0 aromatic heterocycles. The van der Waals surface area contributed by atoms with Gasteiger partial charge in [0.1, 0.15) is 5.84 Å². The molecule has 3 N–H and O–H groups in total. The topological polar surface area (TPSA) is 53.1 Å². The van der Waals surface area contributed by atoms with E-state index < -0.39 is 0 Å². The van der Waals surface area contributed by atoms with Crippen molar-refractivity contribution in [2.75, 3.05) is 17.7 Å². The van der Waals surface area contributed by atoms with Crippen LogP contribution in [0.15, 0.2) is 23.1 Å². The molecule has 1 aromatic rings. The van der Waals surface area contributed by atoms with Crippen molar-refractivity contribution in [2.45, 2.75) is 37.6 Å². The van der Waals surface area contributed by atoms with Crippen LogP contribution in [0.25, 0.3) is 0 Å². The highest BCUT2D eigenvalue weighted by Gasteiger charge is 2.26. The first-order chi connectivity index (χ1) is 9.04. The van der Waals surface area contributed by atoms with Gasteiger partial charge >= 0.3 is 0 Å². The van der Waals surface area contributed by atoms with Gasteiger partial charge in [0.2, 0.25) is 0 Å². The summed E-state index contributed by atoms with van der Waals surface area (Å²) in [5, 5.41) is 7.88. The highest BCUT2D eigenvalue weighted by molar-refractivity contribution is 7.98. The third-order valence-electron chi connectivity index (χ3n) is 3.94. The van der Waals surface area contributed by atoms with Crippen molar-refractivity contribution in [1.82, 2.24) is 0 Å². The molecule has 1 saturated heterocycles. The van der Waals surface area contributed by atoms with Crippen LogP contribution in [-0.4, -0.2) is 24.7 Å². The molecule has 0 saturated carbocycles. The van der Waals surface area contributed by atoms with E-state index in [0.717, 1.165) is 28.6 Å². The predicted molar refractivity (Wildman–Crippen MR) is 84.4 cm³/mol. The van der Waals surface area contributed by atoms with Crippen molar-refractivity contribution in [2.24, 2.45) is 11.7 Å². The van der Waals surface area contributed by atoms with E-state index in [0.29, 0.717) is 6.04 Å². The van der Waals surface area contributed by atoms with Crippen LogP contribution in [0.4, 0.5) is 5.69 Å². The molecule has 2 rings (SSSR count). The van der Waals surface area contributed by atoms with E-state index in [-0.39, 0.29) is 5.84 Å². The third kappa shape index (κ3) is 2.89. The molecule has 2 unspecified atom stereocenters. The van der Waals surface area contributed by atoms with Crippen LogP contribution in [0, 0.1) is 11.3 Å². The highest BCUT2D eigenvalue weighted by Crippen LogP contribution is 2.34. The Bertz CT molecular complexity index is 472. The van der Waals surface area contributed by atoms with Gasteiger partial charge in [-0.05, 0) is 44.1 Å². The van der Waals surface area contributed by atoms with Gasteiger partial charge in [-0.25, -0.2) is 0 Å². The maximum absolute atomic E-state index is 7.88. The largest absolute Gasteiger partial charge is 0.384 e. The summed E-state index contributed by atoms with van der Waals surface area (Å²) >= 11 is 1.66. The number of anilines is 1. The number of nitrogens with one attached hydrogen (secondary N) is 1. The van der Waals surface area contributed by atoms with Crippen LogP contribution in [0.5, 0.6) is 0 Å². The molecule has 19 heavy (non-hydrogen) atoms. The van der Waals surface area contributed by atoms with Crippen LogP contribution >= 0.6 is 11.8 Å². The molecule has 1 aliphatic rings. The minimum Gasteiger partial charge on any atom is -0.384 e. The normalized spacial score (nSPS) is 23.4. The van der Waals surface area contributed by atoms with E-state index in [1.807, 2.05) is 12.3 Å². The standard InChI is InChI=1S/C15H23N3S/c1-10-7-8-18(11(2)9-10)12-5-4-6-13(19-3)14(12)15(16)17/h4-6,10-11H,7-9H2,1-3H3,(H3,16,17). The molecule has 0 radical (unpaired) electrons. The molecular weight excluding hydrogens is 254 g/mol. The Morgan fingerprint density at radius 2 is 2.16 bits per heavy atom. The summed E-state index contributed by atoms with van der Waals surface area (Å²) in [7, 11) is 0. The second-order valence-electron chi connectivity index (χ2n) is 5.44. The SMILES string of the molecule is CSc1cccc(N2CCC(C)CC2C)c1C(=N)N. The van der Waals surface area contributed by atoms with Crippen molar-refractivity contribution < 1.29 is 0 Å². The molecule has 0 aliphatic carbocycles. The molecule has 4 heteroatoms. The number of piperidine rings is 1.